The minimum Gasteiger partial charge on any atom is -0.426 e. The molecule has 0 radical (unpaired) electrons. The molecule has 0 aromatic heterocycles. The summed E-state index contributed by atoms with van der Waals surface area (Å²) in [5.74, 6) is -2.79. The van der Waals surface area contributed by atoms with Gasteiger partial charge >= 0.3 is 11.9 Å². The van der Waals surface area contributed by atoms with E-state index in [9.17, 15) is 34.6 Å². The number of thiol groups is 1. The van der Waals surface area contributed by atoms with Gasteiger partial charge < -0.3 is 29.2 Å². The van der Waals surface area contributed by atoms with E-state index in [4.69, 9.17) is 38.3 Å². The maximum atomic E-state index is 13.6. The Bertz CT molecular complexity index is 1840. The molecule has 284 valence electrons. The van der Waals surface area contributed by atoms with Crippen molar-refractivity contribution < 1.29 is 48.4 Å². The SMILES string of the molecule is CC(C)Cc1ccc(C(C)C(=O)Nc2ccc(OC(=O)CC(CO[N+](=O)[O-])O[N+](=O)[O-])c(C(=O)Oc3ccc(P(=S)(S)N4CCOCC4)cc3)c2)cc1. The van der Waals surface area contributed by atoms with Crippen LogP contribution in [0, 0.1) is 26.1 Å². The molecule has 16 nitrogen and oxygen atoms in total. The van der Waals surface area contributed by atoms with E-state index in [0.717, 1.165) is 22.9 Å². The third-order valence-corrected chi connectivity index (χ3v) is 12.9. The van der Waals surface area contributed by atoms with Crippen molar-refractivity contribution in [1.29, 1.82) is 0 Å². The van der Waals surface area contributed by atoms with E-state index in [1.54, 1.807) is 31.2 Å². The molecule has 3 aromatic rings. The van der Waals surface area contributed by atoms with Crippen LogP contribution >= 0.6 is 17.6 Å². The lowest BCUT2D eigenvalue weighted by Crippen LogP contribution is -2.35. The van der Waals surface area contributed by atoms with E-state index in [2.05, 4.69) is 33.5 Å². The Hall–Kier alpha value is -4.61. The first-order valence-electron chi connectivity index (χ1n) is 16.4. The van der Waals surface area contributed by atoms with Crippen LogP contribution < -0.4 is 20.1 Å². The number of amides is 1. The minimum absolute atomic E-state index is 0.127. The summed E-state index contributed by atoms with van der Waals surface area (Å²) >= 11 is 10.7. The average Bonchev–Trinajstić information content (AvgIpc) is 3.11. The Morgan fingerprint density at radius 1 is 0.962 bits per heavy atom. The lowest BCUT2D eigenvalue weighted by Gasteiger charge is -2.34. The van der Waals surface area contributed by atoms with Crippen molar-refractivity contribution in [1.82, 2.24) is 4.67 Å². The first kappa shape index (κ1) is 41.2. The highest BCUT2D eigenvalue weighted by atomic mass is 32.9. The van der Waals surface area contributed by atoms with Gasteiger partial charge in [0.25, 0.3) is 10.2 Å². The first-order chi connectivity index (χ1) is 25.1. The van der Waals surface area contributed by atoms with Crippen LogP contribution in [-0.4, -0.2) is 71.7 Å². The van der Waals surface area contributed by atoms with Crippen molar-refractivity contribution in [2.75, 3.05) is 38.2 Å². The van der Waals surface area contributed by atoms with Crippen LogP contribution in [0.25, 0.3) is 0 Å². The van der Waals surface area contributed by atoms with Crippen LogP contribution in [0.3, 0.4) is 0 Å². The van der Waals surface area contributed by atoms with Crippen molar-refractivity contribution >= 4 is 58.3 Å². The van der Waals surface area contributed by atoms with E-state index in [1.807, 2.05) is 24.3 Å². The van der Waals surface area contributed by atoms with E-state index >= 15 is 0 Å². The molecule has 53 heavy (non-hydrogen) atoms. The number of esters is 2. The topological polar surface area (TPSA) is 199 Å². The van der Waals surface area contributed by atoms with Gasteiger partial charge in [-0.1, -0.05) is 49.9 Å². The highest BCUT2D eigenvalue weighted by Gasteiger charge is 2.27. The molecule has 0 aliphatic carbocycles. The highest BCUT2D eigenvalue weighted by Crippen LogP contribution is 2.53. The van der Waals surface area contributed by atoms with Gasteiger partial charge in [-0.2, -0.15) is 0 Å². The third-order valence-electron chi connectivity index (χ3n) is 7.96. The number of nitrogens with zero attached hydrogens (tertiary/aromatic N) is 3. The summed E-state index contributed by atoms with van der Waals surface area (Å²) in [6, 6.07) is 18.1. The van der Waals surface area contributed by atoms with E-state index in [0.29, 0.717) is 32.2 Å². The van der Waals surface area contributed by atoms with Crippen molar-refractivity contribution in [3.8, 4) is 11.5 Å². The van der Waals surface area contributed by atoms with E-state index in [1.165, 1.54) is 18.2 Å². The zero-order chi connectivity index (χ0) is 38.7. The molecule has 1 N–H and O–H groups in total. The molecule has 1 aliphatic rings. The summed E-state index contributed by atoms with van der Waals surface area (Å²) < 4.78 is 18.5. The number of anilines is 1. The summed E-state index contributed by atoms with van der Waals surface area (Å²) in [5.41, 5.74) is 1.81. The maximum Gasteiger partial charge on any atom is 0.347 e. The molecule has 19 heteroatoms. The van der Waals surface area contributed by atoms with Crippen molar-refractivity contribution in [3.05, 3.63) is 104 Å². The molecule has 1 aliphatic heterocycles. The van der Waals surface area contributed by atoms with E-state index in [-0.39, 0.29) is 28.7 Å². The van der Waals surface area contributed by atoms with Crippen LogP contribution in [0.1, 0.15) is 54.6 Å². The fourth-order valence-corrected chi connectivity index (χ4v) is 8.63. The Kier molecular flexibility index (Phi) is 14.7. The number of nitrogens with one attached hydrogen (secondary N) is 1. The van der Waals surface area contributed by atoms with Gasteiger partial charge in [0.05, 0.1) is 30.9 Å². The Balaban J connectivity index is 1.56. The lowest BCUT2D eigenvalue weighted by atomic mass is 9.96. The van der Waals surface area contributed by atoms with Crippen LogP contribution in [0.15, 0.2) is 66.7 Å². The smallest absolute Gasteiger partial charge is 0.347 e. The molecule has 3 atom stereocenters. The summed E-state index contributed by atoms with van der Waals surface area (Å²) in [6.07, 6.45) is -1.65. The van der Waals surface area contributed by atoms with Crippen LogP contribution in [0.2, 0.25) is 0 Å². The predicted octanol–water partition coefficient (Wildman–Crippen LogP) is 5.12. The fourth-order valence-electron chi connectivity index (χ4n) is 5.27. The van der Waals surface area contributed by atoms with Crippen LogP contribution in [0.4, 0.5) is 5.69 Å². The number of rotatable bonds is 17. The molecule has 0 bridgehead atoms. The highest BCUT2D eigenvalue weighted by molar-refractivity contribution is 8.65. The standard InChI is InChI=1S/C34H39N4O12PS2/c1-22(2)18-24-4-6-25(7-5-24)23(3)33(40)35-26-8-13-31(49-32(39)20-28(50-38(44)45)21-47-37(42)43)30(19-26)34(41)48-27-9-11-29(12-10-27)51(52,53)36-14-16-46-17-15-36/h4-13,19,22-23,28H,14-18,20-21H2,1-3H3,(H,35,40)(H,52,53). The normalized spacial score (nSPS) is 15.3. The lowest BCUT2D eigenvalue weighted by molar-refractivity contribution is -0.789. The third kappa shape index (κ3) is 12.2. The zero-order valence-electron chi connectivity index (χ0n) is 29.1. The second-order valence-electron chi connectivity index (χ2n) is 12.4. The van der Waals surface area contributed by atoms with Gasteiger partial charge in [-0.3, -0.25) is 14.3 Å². The Labute approximate surface area is 315 Å². The molecule has 4 rings (SSSR count). The predicted molar refractivity (Wildman–Crippen MR) is 200 cm³/mol. The number of hydrogen-bond donors (Lipinski definition) is 2. The van der Waals surface area contributed by atoms with Crippen LogP contribution in [-0.2, 0) is 42.2 Å². The van der Waals surface area contributed by atoms with Gasteiger partial charge in [0.1, 0.15) is 29.8 Å². The molecule has 0 saturated carbocycles. The first-order valence-corrected chi connectivity index (χ1v) is 20.3. The summed E-state index contributed by atoms with van der Waals surface area (Å²) in [7, 11) is 0. The van der Waals surface area contributed by atoms with Crippen molar-refractivity contribution in [2.45, 2.75) is 45.6 Å². The summed E-state index contributed by atoms with van der Waals surface area (Å²) in [5, 5.41) is 20.2. The molecular formula is C34H39N4O12PS2. The number of hydrogen-bond acceptors (Lipinski definition) is 13. The zero-order valence-corrected chi connectivity index (χ0v) is 31.7. The van der Waals surface area contributed by atoms with Gasteiger partial charge in [-0.15, -0.1) is 32.5 Å². The molecular weight excluding hydrogens is 751 g/mol. The number of carbonyl (C=O) groups is 3. The van der Waals surface area contributed by atoms with Crippen LogP contribution in [0.5, 0.6) is 11.5 Å². The Morgan fingerprint density at radius 3 is 2.23 bits per heavy atom. The number of benzene rings is 3. The van der Waals surface area contributed by atoms with Crippen molar-refractivity contribution in [2.24, 2.45) is 5.92 Å². The summed E-state index contributed by atoms with van der Waals surface area (Å²) in [4.78, 5) is 69.7. The molecule has 3 aromatic carbocycles. The molecule has 1 saturated heterocycles. The molecule has 1 heterocycles. The maximum absolute atomic E-state index is 13.6. The van der Waals surface area contributed by atoms with Crippen molar-refractivity contribution in [3.63, 3.8) is 0 Å². The second kappa shape index (κ2) is 18.9. The van der Waals surface area contributed by atoms with Gasteiger partial charge in [0.15, 0.2) is 0 Å². The van der Waals surface area contributed by atoms with Gasteiger partial charge in [-0.25, -0.2) is 4.79 Å². The number of carbonyl (C=O) groups excluding carboxylic acids is 3. The molecule has 1 fully saturated rings. The number of ether oxygens (including phenoxy) is 3. The monoisotopic (exact) mass is 790 g/mol. The number of morpholine rings is 1. The average molecular weight is 791 g/mol. The summed E-state index contributed by atoms with van der Waals surface area (Å²) in [6.45, 7) is 7.39. The fraction of sp³-hybridized carbons (Fsp3) is 0.382. The Morgan fingerprint density at radius 2 is 1.62 bits per heavy atom. The van der Waals surface area contributed by atoms with Gasteiger partial charge in [0.2, 0.25) is 5.91 Å². The van der Waals surface area contributed by atoms with E-state index < -0.39 is 52.6 Å². The quantitative estimate of drug-likeness (QED) is 0.0456. The van der Waals surface area contributed by atoms with Gasteiger partial charge in [0, 0.05) is 24.1 Å². The second-order valence-corrected chi connectivity index (χ2v) is 18.7. The molecule has 0 spiro atoms. The minimum atomic E-state index is -2.40. The molecule has 1 amide bonds. The largest absolute Gasteiger partial charge is 0.426 e. The molecule has 3 unspecified atom stereocenters. The van der Waals surface area contributed by atoms with Gasteiger partial charge in [-0.05, 0) is 72.9 Å².